The van der Waals surface area contributed by atoms with Gasteiger partial charge in [-0.3, -0.25) is 14.3 Å². The van der Waals surface area contributed by atoms with E-state index in [0.29, 0.717) is 6.54 Å². The minimum absolute atomic E-state index is 0.325. The van der Waals surface area contributed by atoms with Crippen LogP contribution in [0.3, 0.4) is 0 Å². The van der Waals surface area contributed by atoms with Crippen molar-refractivity contribution in [1.82, 2.24) is 14.5 Å². The molecule has 0 aliphatic heterocycles. The van der Waals surface area contributed by atoms with Crippen LogP contribution < -0.4 is 16.6 Å². The van der Waals surface area contributed by atoms with E-state index in [-0.39, 0.29) is 0 Å². The molecule has 0 unspecified atom stereocenters. The largest absolute Gasteiger partial charge is 0.373 e. The van der Waals surface area contributed by atoms with Gasteiger partial charge < -0.3 is 5.32 Å². The summed E-state index contributed by atoms with van der Waals surface area (Å²) in [7, 11) is 1.78. The van der Waals surface area contributed by atoms with Gasteiger partial charge in [-0.15, -0.1) is 0 Å². The molecule has 0 fully saturated rings. The number of hydrogen-bond acceptors (Lipinski definition) is 4. The summed E-state index contributed by atoms with van der Waals surface area (Å²) in [5.41, 5.74) is -0.0941. The van der Waals surface area contributed by atoms with E-state index in [1.165, 1.54) is 16.8 Å². The summed E-state index contributed by atoms with van der Waals surface area (Å²) in [6, 6.07) is 6.81. The Labute approximate surface area is 97.0 Å². The van der Waals surface area contributed by atoms with E-state index in [1.54, 1.807) is 7.05 Å². The van der Waals surface area contributed by atoms with Crippen LogP contribution in [-0.2, 0) is 6.54 Å². The molecule has 0 radical (unpaired) electrons. The molecule has 2 heterocycles. The molecule has 0 spiro atoms. The number of rotatable bonds is 3. The highest BCUT2D eigenvalue weighted by Crippen LogP contribution is 2.04. The standard InChI is InChI=1S/C11H12N4O2/c1-12-9-4-2-3-8(13-9)7-15-6-5-10(16)14-11(15)17/h2-6H,7H2,1H3,(H,12,13)(H,14,16,17). The minimum Gasteiger partial charge on any atom is -0.373 e. The third-order valence-electron chi connectivity index (χ3n) is 2.29. The van der Waals surface area contributed by atoms with Crippen molar-refractivity contribution in [2.24, 2.45) is 0 Å². The summed E-state index contributed by atoms with van der Waals surface area (Å²) in [5, 5.41) is 2.92. The van der Waals surface area contributed by atoms with Gasteiger partial charge in [-0.1, -0.05) is 6.07 Å². The van der Waals surface area contributed by atoms with Crippen molar-refractivity contribution >= 4 is 5.82 Å². The molecule has 0 saturated heterocycles. The zero-order chi connectivity index (χ0) is 12.3. The van der Waals surface area contributed by atoms with Crippen LogP contribution in [0.15, 0.2) is 40.1 Å². The molecular formula is C11H12N4O2. The first-order valence-electron chi connectivity index (χ1n) is 5.12. The molecular weight excluding hydrogens is 220 g/mol. The molecule has 0 atom stereocenters. The molecule has 2 rings (SSSR count). The van der Waals surface area contributed by atoms with Crippen LogP contribution in [0, 0.1) is 0 Å². The normalized spacial score (nSPS) is 10.2. The second kappa shape index (κ2) is 4.65. The van der Waals surface area contributed by atoms with Gasteiger partial charge in [-0.25, -0.2) is 9.78 Å². The van der Waals surface area contributed by atoms with Gasteiger partial charge in [0.15, 0.2) is 0 Å². The van der Waals surface area contributed by atoms with Crippen LogP contribution in [0.1, 0.15) is 5.69 Å². The molecule has 0 aliphatic carbocycles. The zero-order valence-corrected chi connectivity index (χ0v) is 9.30. The maximum atomic E-state index is 11.5. The number of nitrogens with zero attached hydrogens (tertiary/aromatic N) is 2. The Morgan fingerprint density at radius 1 is 1.35 bits per heavy atom. The molecule has 0 aromatic carbocycles. The molecule has 17 heavy (non-hydrogen) atoms. The third kappa shape index (κ3) is 2.60. The van der Waals surface area contributed by atoms with Gasteiger partial charge in [0.2, 0.25) is 0 Å². The number of nitrogens with one attached hydrogen (secondary N) is 2. The summed E-state index contributed by atoms with van der Waals surface area (Å²) in [6.07, 6.45) is 1.45. The van der Waals surface area contributed by atoms with Crippen molar-refractivity contribution in [2.45, 2.75) is 6.54 Å². The van der Waals surface area contributed by atoms with E-state index in [1.807, 2.05) is 18.2 Å². The van der Waals surface area contributed by atoms with E-state index in [9.17, 15) is 9.59 Å². The molecule has 0 bridgehead atoms. The Hall–Kier alpha value is -2.37. The van der Waals surface area contributed by atoms with Crippen LogP contribution in [-0.4, -0.2) is 21.6 Å². The van der Waals surface area contributed by atoms with Gasteiger partial charge in [0.05, 0.1) is 12.2 Å². The molecule has 6 nitrogen and oxygen atoms in total. The van der Waals surface area contributed by atoms with Crippen LogP contribution in [0.4, 0.5) is 5.82 Å². The molecule has 0 aliphatic rings. The maximum absolute atomic E-state index is 11.5. The lowest BCUT2D eigenvalue weighted by Crippen LogP contribution is -2.29. The van der Waals surface area contributed by atoms with Crippen molar-refractivity contribution in [1.29, 1.82) is 0 Å². The SMILES string of the molecule is CNc1cccc(Cn2ccc(=O)[nH]c2=O)n1. The second-order valence-electron chi connectivity index (χ2n) is 3.50. The Balaban J connectivity index is 2.31. The first-order valence-corrected chi connectivity index (χ1v) is 5.12. The molecule has 88 valence electrons. The number of aromatic amines is 1. The first kappa shape index (κ1) is 11.1. The van der Waals surface area contributed by atoms with E-state index in [2.05, 4.69) is 15.3 Å². The fraction of sp³-hybridized carbons (Fsp3) is 0.182. The lowest BCUT2D eigenvalue weighted by molar-refractivity contribution is 0.706. The van der Waals surface area contributed by atoms with E-state index in [0.717, 1.165) is 11.5 Å². The van der Waals surface area contributed by atoms with E-state index < -0.39 is 11.2 Å². The highest BCUT2D eigenvalue weighted by atomic mass is 16.2. The maximum Gasteiger partial charge on any atom is 0.328 e. The summed E-state index contributed by atoms with van der Waals surface area (Å²) >= 11 is 0. The Morgan fingerprint density at radius 2 is 2.18 bits per heavy atom. The van der Waals surface area contributed by atoms with Crippen molar-refractivity contribution in [3.05, 3.63) is 57.0 Å². The van der Waals surface area contributed by atoms with E-state index in [4.69, 9.17) is 0 Å². The number of anilines is 1. The summed E-state index contributed by atoms with van der Waals surface area (Å²) in [5.74, 6) is 0.736. The fourth-order valence-corrected chi connectivity index (χ4v) is 1.45. The van der Waals surface area contributed by atoms with Gasteiger partial charge in [0, 0.05) is 19.3 Å². The van der Waals surface area contributed by atoms with Gasteiger partial charge in [0.25, 0.3) is 5.56 Å². The average Bonchev–Trinajstić information content (AvgIpc) is 2.33. The quantitative estimate of drug-likeness (QED) is 0.782. The van der Waals surface area contributed by atoms with Crippen molar-refractivity contribution in [2.75, 3.05) is 12.4 Å². The number of pyridine rings is 1. The highest BCUT2D eigenvalue weighted by molar-refractivity contribution is 5.34. The summed E-state index contributed by atoms with van der Waals surface area (Å²) in [4.78, 5) is 28.8. The van der Waals surface area contributed by atoms with Crippen LogP contribution in [0.5, 0.6) is 0 Å². The van der Waals surface area contributed by atoms with Gasteiger partial charge >= 0.3 is 5.69 Å². The topological polar surface area (TPSA) is 79.8 Å². The molecule has 2 aromatic heterocycles. The predicted octanol–water partition coefficient (Wildman–Crippen LogP) is 0.0216. The number of hydrogen-bond donors (Lipinski definition) is 2. The molecule has 6 heteroatoms. The van der Waals surface area contributed by atoms with Crippen LogP contribution in [0.2, 0.25) is 0 Å². The van der Waals surface area contributed by atoms with Crippen molar-refractivity contribution < 1.29 is 0 Å². The number of H-pyrrole nitrogens is 1. The summed E-state index contributed by atoms with van der Waals surface area (Å²) < 4.78 is 1.39. The van der Waals surface area contributed by atoms with Gasteiger partial charge in [0.1, 0.15) is 5.82 Å². The van der Waals surface area contributed by atoms with Gasteiger partial charge in [-0.2, -0.15) is 0 Å². The molecule has 0 saturated carbocycles. The second-order valence-corrected chi connectivity index (χ2v) is 3.50. The lowest BCUT2D eigenvalue weighted by atomic mass is 10.3. The van der Waals surface area contributed by atoms with Crippen LogP contribution in [0.25, 0.3) is 0 Å². The highest BCUT2D eigenvalue weighted by Gasteiger charge is 2.00. The Bertz CT molecular complexity index is 630. The minimum atomic E-state index is -0.436. The monoisotopic (exact) mass is 232 g/mol. The fourth-order valence-electron chi connectivity index (χ4n) is 1.45. The van der Waals surface area contributed by atoms with Gasteiger partial charge in [-0.05, 0) is 12.1 Å². The summed E-state index contributed by atoms with van der Waals surface area (Å²) in [6.45, 7) is 0.325. The number of aromatic nitrogens is 3. The van der Waals surface area contributed by atoms with Crippen LogP contribution >= 0.6 is 0 Å². The van der Waals surface area contributed by atoms with E-state index >= 15 is 0 Å². The average molecular weight is 232 g/mol. The molecule has 2 aromatic rings. The van der Waals surface area contributed by atoms with Crippen molar-refractivity contribution in [3.63, 3.8) is 0 Å². The first-order chi connectivity index (χ1) is 8.19. The smallest absolute Gasteiger partial charge is 0.328 e. The zero-order valence-electron chi connectivity index (χ0n) is 9.30. The van der Waals surface area contributed by atoms with Crippen molar-refractivity contribution in [3.8, 4) is 0 Å². The predicted molar refractivity (Wildman–Crippen MR) is 64.2 cm³/mol. The lowest BCUT2D eigenvalue weighted by Gasteiger charge is -2.05. The third-order valence-corrected chi connectivity index (χ3v) is 2.29. The Kier molecular flexibility index (Phi) is 3.04. The Morgan fingerprint density at radius 3 is 2.88 bits per heavy atom. The molecule has 2 N–H and O–H groups in total. The molecule has 0 amide bonds.